The van der Waals surface area contributed by atoms with E-state index in [1.807, 2.05) is 0 Å². The van der Waals surface area contributed by atoms with Crippen molar-refractivity contribution in [3.8, 4) is 0 Å². The third kappa shape index (κ3) is 7.87. The van der Waals surface area contributed by atoms with Crippen LogP contribution in [0.15, 0.2) is 42.5 Å². The van der Waals surface area contributed by atoms with E-state index in [1.165, 1.54) is 24.3 Å². The van der Waals surface area contributed by atoms with Gasteiger partial charge in [-0.15, -0.1) is 0 Å². The maximum Gasteiger partial charge on any atom is 0.392 e. The summed E-state index contributed by atoms with van der Waals surface area (Å²) in [7, 11) is 0. The molecule has 202 valence electrons. The molecule has 37 heavy (non-hydrogen) atoms. The van der Waals surface area contributed by atoms with Gasteiger partial charge in [0.15, 0.2) is 0 Å². The van der Waals surface area contributed by atoms with Crippen LogP contribution in [-0.4, -0.2) is 23.7 Å². The van der Waals surface area contributed by atoms with Gasteiger partial charge in [-0.2, -0.15) is 13.2 Å². The van der Waals surface area contributed by atoms with Gasteiger partial charge in [0.1, 0.15) is 5.60 Å². The highest BCUT2D eigenvalue weighted by Crippen LogP contribution is 2.44. The molecule has 1 fully saturated rings. The van der Waals surface area contributed by atoms with Crippen molar-refractivity contribution in [1.82, 2.24) is 0 Å². The fourth-order valence-corrected chi connectivity index (χ4v) is 4.86. The number of rotatable bonds is 8. The van der Waals surface area contributed by atoms with Crippen LogP contribution < -0.4 is 5.32 Å². The predicted octanol–water partition coefficient (Wildman–Crippen LogP) is 8.53. The van der Waals surface area contributed by atoms with Gasteiger partial charge in [0, 0.05) is 5.02 Å². The summed E-state index contributed by atoms with van der Waals surface area (Å²) in [5.74, 6) is -4.51. The molecule has 1 amide bonds. The van der Waals surface area contributed by atoms with Crippen LogP contribution in [0.25, 0.3) is 0 Å². The second-order valence-corrected chi connectivity index (χ2v) is 11.5. The zero-order chi connectivity index (χ0) is 27.5. The zero-order valence-electron chi connectivity index (χ0n) is 21.3. The minimum Gasteiger partial charge on any atom is -0.460 e. The quantitative estimate of drug-likeness (QED) is 0.331. The Morgan fingerprint density at radius 2 is 1.62 bits per heavy atom. The molecule has 1 saturated carbocycles. The average molecular weight is 558 g/mol. The number of hydrogen-bond acceptors (Lipinski definition) is 3. The van der Waals surface area contributed by atoms with Gasteiger partial charge in [-0.1, -0.05) is 54.7 Å². The number of carbonyl (C=O) groups is 2. The van der Waals surface area contributed by atoms with Crippen LogP contribution in [0, 0.1) is 11.8 Å². The number of hydrogen-bond donors (Lipinski definition) is 1. The molecule has 0 radical (unpaired) electrons. The van der Waals surface area contributed by atoms with Crippen molar-refractivity contribution in [2.24, 2.45) is 11.8 Å². The Morgan fingerprint density at radius 3 is 2.14 bits per heavy atom. The van der Waals surface area contributed by atoms with Crippen molar-refractivity contribution in [2.45, 2.75) is 77.0 Å². The molecule has 0 heterocycles. The van der Waals surface area contributed by atoms with Crippen LogP contribution in [0.1, 0.15) is 76.3 Å². The maximum atomic E-state index is 13.7. The summed E-state index contributed by atoms with van der Waals surface area (Å²) in [5.41, 5.74) is 0.552. The molecule has 0 aromatic heterocycles. The first-order valence-corrected chi connectivity index (χ1v) is 13.1. The molecule has 1 aliphatic carbocycles. The van der Waals surface area contributed by atoms with Gasteiger partial charge in [0.2, 0.25) is 5.91 Å². The number of benzene rings is 2. The van der Waals surface area contributed by atoms with E-state index < -0.39 is 29.5 Å². The molecule has 3 rings (SSSR count). The smallest absolute Gasteiger partial charge is 0.392 e. The van der Waals surface area contributed by atoms with Gasteiger partial charge in [-0.25, -0.2) is 0 Å². The summed E-state index contributed by atoms with van der Waals surface area (Å²) in [6.45, 7) is 6.39. The monoisotopic (exact) mass is 557 g/mol. The molecule has 1 aliphatic rings. The van der Waals surface area contributed by atoms with Crippen LogP contribution in [0.4, 0.5) is 18.9 Å². The van der Waals surface area contributed by atoms with E-state index in [9.17, 15) is 22.8 Å². The first kappa shape index (κ1) is 29.3. The molecule has 0 bridgehead atoms. The summed E-state index contributed by atoms with van der Waals surface area (Å²) in [5, 5.41) is 3.16. The second kappa shape index (κ2) is 11.6. The van der Waals surface area contributed by atoms with Crippen LogP contribution in [0.5, 0.6) is 0 Å². The lowest BCUT2D eigenvalue weighted by molar-refractivity contribution is -0.178. The number of ether oxygens (including phenoxy) is 1. The van der Waals surface area contributed by atoms with E-state index in [-0.39, 0.29) is 40.5 Å². The fourth-order valence-electron chi connectivity index (χ4n) is 4.57. The number of nitrogens with one attached hydrogen (secondary N) is 1. The van der Waals surface area contributed by atoms with Crippen molar-refractivity contribution < 1.29 is 27.5 Å². The van der Waals surface area contributed by atoms with E-state index >= 15 is 0 Å². The number of esters is 1. The standard InChI is InChI=1S/C28H32Cl2F3NO3/c1-16(28(31,32)33)25(18-8-11-20(29)12-9-18)26(36)34-23-14-19(10-13-22(23)30)21(17-6-5-7-17)15-24(35)37-27(2,3)4/h8-14,16-17,21,25H,5-7,15H2,1-4H3,(H,34,36)/t16-,21?,25+/m1/s1. The average Bonchev–Trinajstić information content (AvgIpc) is 2.73. The van der Waals surface area contributed by atoms with Gasteiger partial charge in [0.25, 0.3) is 0 Å². The highest BCUT2D eigenvalue weighted by Gasteiger charge is 2.45. The highest BCUT2D eigenvalue weighted by molar-refractivity contribution is 6.33. The van der Waals surface area contributed by atoms with Gasteiger partial charge in [-0.05, 0) is 80.8 Å². The summed E-state index contributed by atoms with van der Waals surface area (Å²) < 4.78 is 46.7. The molecule has 0 spiro atoms. The SMILES string of the molecule is C[C@H]([C@H](C(=O)Nc1cc(C(CC(=O)OC(C)(C)C)C2CCC2)ccc1Cl)c1ccc(Cl)cc1)C(F)(F)F. The van der Waals surface area contributed by atoms with Gasteiger partial charge < -0.3 is 10.1 Å². The van der Waals surface area contributed by atoms with Gasteiger partial charge in [0.05, 0.1) is 29.0 Å². The van der Waals surface area contributed by atoms with E-state index in [1.54, 1.807) is 39.0 Å². The first-order valence-electron chi connectivity index (χ1n) is 12.3. The van der Waals surface area contributed by atoms with E-state index in [2.05, 4.69) is 5.32 Å². The zero-order valence-corrected chi connectivity index (χ0v) is 22.8. The van der Waals surface area contributed by atoms with Crippen molar-refractivity contribution in [3.05, 3.63) is 63.6 Å². The molecule has 2 aromatic carbocycles. The van der Waals surface area contributed by atoms with Crippen molar-refractivity contribution in [3.63, 3.8) is 0 Å². The minimum absolute atomic E-state index is 0.155. The Bertz CT molecular complexity index is 1110. The maximum absolute atomic E-state index is 13.7. The summed E-state index contributed by atoms with van der Waals surface area (Å²) >= 11 is 12.3. The Hall–Kier alpha value is -2.25. The number of anilines is 1. The Labute approximate surface area is 225 Å². The minimum atomic E-state index is -4.60. The molecule has 1 N–H and O–H groups in total. The number of halogens is 5. The second-order valence-electron chi connectivity index (χ2n) is 10.7. The Kier molecular flexibility index (Phi) is 9.23. The highest BCUT2D eigenvalue weighted by atomic mass is 35.5. The van der Waals surface area contributed by atoms with E-state index in [0.717, 1.165) is 31.7 Å². The lowest BCUT2D eigenvalue weighted by atomic mass is 9.71. The topological polar surface area (TPSA) is 55.4 Å². The van der Waals surface area contributed by atoms with Crippen LogP contribution in [0.3, 0.4) is 0 Å². The molecule has 1 unspecified atom stereocenters. The first-order chi connectivity index (χ1) is 17.2. The normalized spacial score (nSPS) is 16.9. The number of carbonyl (C=O) groups excluding carboxylic acids is 2. The Balaban J connectivity index is 1.90. The van der Waals surface area contributed by atoms with E-state index in [4.69, 9.17) is 27.9 Å². The molecule has 4 nitrogen and oxygen atoms in total. The number of amides is 1. The van der Waals surface area contributed by atoms with Gasteiger partial charge >= 0.3 is 12.1 Å². The van der Waals surface area contributed by atoms with Crippen molar-refractivity contribution in [2.75, 3.05) is 5.32 Å². The van der Waals surface area contributed by atoms with Crippen LogP contribution in [0.2, 0.25) is 10.0 Å². The van der Waals surface area contributed by atoms with Crippen LogP contribution in [-0.2, 0) is 14.3 Å². The molecule has 9 heteroatoms. The van der Waals surface area contributed by atoms with Crippen LogP contribution >= 0.6 is 23.2 Å². The lowest BCUT2D eigenvalue weighted by Crippen LogP contribution is -2.34. The summed E-state index contributed by atoms with van der Waals surface area (Å²) in [6, 6.07) is 10.8. The molecular weight excluding hydrogens is 526 g/mol. The van der Waals surface area contributed by atoms with Crippen molar-refractivity contribution >= 4 is 40.8 Å². The predicted molar refractivity (Wildman–Crippen MR) is 140 cm³/mol. The molecule has 0 aliphatic heterocycles. The molecule has 0 saturated heterocycles. The summed E-state index contributed by atoms with van der Waals surface area (Å²) in [6.07, 6.45) is -1.46. The third-order valence-electron chi connectivity index (χ3n) is 6.73. The molecular formula is C28H32Cl2F3NO3. The molecule has 2 aromatic rings. The third-order valence-corrected chi connectivity index (χ3v) is 7.31. The number of alkyl halides is 3. The van der Waals surface area contributed by atoms with Crippen molar-refractivity contribution in [1.29, 1.82) is 0 Å². The summed E-state index contributed by atoms with van der Waals surface area (Å²) in [4.78, 5) is 25.9. The Morgan fingerprint density at radius 1 is 1.03 bits per heavy atom. The fraction of sp³-hybridized carbons (Fsp3) is 0.500. The lowest BCUT2D eigenvalue weighted by Gasteiger charge is -2.34. The molecule has 3 atom stereocenters. The van der Waals surface area contributed by atoms with Gasteiger partial charge in [-0.3, -0.25) is 9.59 Å². The van der Waals surface area contributed by atoms with E-state index in [0.29, 0.717) is 5.02 Å². The largest absolute Gasteiger partial charge is 0.460 e.